The largest absolute Gasteiger partial charge is 0.341 e. The number of rotatable bonds is 19. The van der Waals surface area contributed by atoms with Gasteiger partial charge in [-0.05, 0) is 109 Å². The van der Waals surface area contributed by atoms with Crippen LogP contribution in [-0.4, -0.2) is 36.6 Å². The summed E-state index contributed by atoms with van der Waals surface area (Å²) in [5.41, 5.74) is 12.5. The van der Waals surface area contributed by atoms with Gasteiger partial charge >= 0.3 is 0 Å². The Labute approximate surface area is 351 Å². The van der Waals surface area contributed by atoms with Gasteiger partial charge in [0.15, 0.2) is 0 Å². The van der Waals surface area contributed by atoms with Crippen molar-refractivity contribution >= 4 is 57.0 Å². The van der Waals surface area contributed by atoms with Crippen molar-refractivity contribution in [2.24, 2.45) is 10.2 Å². The highest BCUT2D eigenvalue weighted by atomic mass is 15.5. The predicted molar refractivity (Wildman–Crippen MR) is 253 cm³/mol. The number of hydrazone groups is 2. The lowest BCUT2D eigenvalue weighted by Gasteiger charge is -2.33. The molecular weight excluding hydrogens is 721 g/mol. The highest BCUT2D eigenvalue weighted by Crippen LogP contribution is 2.39. The van der Waals surface area contributed by atoms with Gasteiger partial charge in [-0.15, -0.1) is 0 Å². The highest BCUT2D eigenvalue weighted by molar-refractivity contribution is 6.09. The number of hydrogen-bond donors (Lipinski definition) is 0. The average Bonchev–Trinajstić information content (AvgIpc) is 3.60. The fraction of sp³-hybridized carbons (Fsp3) is 0.283. The van der Waals surface area contributed by atoms with E-state index >= 15 is 0 Å². The van der Waals surface area contributed by atoms with Gasteiger partial charge in [0.25, 0.3) is 0 Å². The van der Waals surface area contributed by atoms with Crippen LogP contribution in [0.15, 0.2) is 156 Å². The van der Waals surface area contributed by atoms with Crippen LogP contribution in [0, 0.1) is 0 Å². The van der Waals surface area contributed by atoms with Crippen molar-refractivity contribution in [3.8, 4) is 0 Å². The molecule has 0 unspecified atom stereocenters. The molecule has 6 nitrogen and oxygen atoms in total. The van der Waals surface area contributed by atoms with Gasteiger partial charge in [0.2, 0.25) is 0 Å². The number of fused-ring (bicyclic) bond motifs is 5. The summed E-state index contributed by atoms with van der Waals surface area (Å²) in [6, 6.07) is 52.5. The van der Waals surface area contributed by atoms with E-state index in [1.165, 1.54) is 70.0 Å². The molecule has 0 bridgehead atoms. The van der Waals surface area contributed by atoms with Crippen molar-refractivity contribution in [3.63, 3.8) is 0 Å². The molecule has 0 saturated carbocycles. The Morgan fingerprint density at radius 1 is 0.492 bits per heavy atom. The second-order valence-electron chi connectivity index (χ2n) is 15.8. The molecule has 0 saturated heterocycles. The molecule has 2 heterocycles. The first-order chi connectivity index (χ1) is 29.2. The van der Waals surface area contributed by atoms with Crippen LogP contribution < -0.4 is 14.9 Å². The standard InChI is InChI=1S/C53H58N6/c1-3-5-33-56-50-27-17-15-21-44(50)39-45-37-42(29-31-51(45)56)40-54-58(46-22-11-9-12-23-46)35-19-7-8-20-36-59(47-24-13-10-14-25-47)55-41-43-30-32-53-49(38-43)48-26-16-18-28-52(48)57(53)34-6-4-2/h9-18,21-32,37-38,40-41H,3-8,19-20,33-36,39H2,1-2H3/b54-40+,55-41+. The molecule has 0 radical (unpaired) electrons. The smallest absolute Gasteiger partial charge is 0.0593 e. The van der Waals surface area contributed by atoms with E-state index in [1.54, 1.807) is 0 Å². The van der Waals surface area contributed by atoms with E-state index in [0.29, 0.717) is 0 Å². The van der Waals surface area contributed by atoms with Crippen molar-refractivity contribution in [2.45, 2.75) is 78.2 Å². The van der Waals surface area contributed by atoms with Gasteiger partial charge in [-0.1, -0.05) is 124 Å². The summed E-state index contributed by atoms with van der Waals surface area (Å²) in [4.78, 5) is 2.51. The Balaban J connectivity index is 0.905. The van der Waals surface area contributed by atoms with E-state index in [9.17, 15) is 0 Å². The second-order valence-corrected chi connectivity index (χ2v) is 15.8. The summed E-state index contributed by atoms with van der Waals surface area (Å²) >= 11 is 0. The zero-order valence-corrected chi connectivity index (χ0v) is 34.9. The Morgan fingerprint density at radius 3 is 1.75 bits per heavy atom. The fourth-order valence-electron chi connectivity index (χ4n) is 8.47. The Kier molecular flexibility index (Phi) is 13.1. The fourth-order valence-corrected chi connectivity index (χ4v) is 8.47. The molecule has 300 valence electrons. The van der Waals surface area contributed by atoms with Crippen molar-refractivity contribution in [2.75, 3.05) is 34.6 Å². The SMILES string of the molecule is CCCCN1c2ccccc2Cc2cc(/C=N/N(CCCCCCN(/N=C/c3ccc4c(c3)c3ccccc3n4CCCC)c3ccccc3)c3ccccc3)ccc21. The van der Waals surface area contributed by atoms with Crippen LogP contribution in [0.2, 0.25) is 0 Å². The van der Waals surface area contributed by atoms with Gasteiger partial charge in [0, 0.05) is 65.8 Å². The highest BCUT2D eigenvalue weighted by Gasteiger charge is 2.22. The Bertz CT molecular complexity index is 2480. The number of para-hydroxylation sites is 4. The van der Waals surface area contributed by atoms with E-state index in [4.69, 9.17) is 10.2 Å². The first-order valence-corrected chi connectivity index (χ1v) is 21.9. The number of aryl methyl sites for hydroxylation is 1. The summed E-state index contributed by atoms with van der Waals surface area (Å²) in [6.07, 6.45) is 14.1. The van der Waals surface area contributed by atoms with Gasteiger partial charge < -0.3 is 9.47 Å². The number of hydrogen-bond acceptors (Lipinski definition) is 5. The molecule has 1 aromatic heterocycles. The van der Waals surface area contributed by atoms with Crippen LogP contribution in [0.4, 0.5) is 22.7 Å². The van der Waals surface area contributed by atoms with Gasteiger partial charge in [-0.25, -0.2) is 0 Å². The maximum atomic E-state index is 5.08. The van der Waals surface area contributed by atoms with Crippen molar-refractivity contribution in [1.82, 2.24) is 4.57 Å². The molecular formula is C53H58N6. The minimum Gasteiger partial charge on any atom is -0.341 e. The Morgan fingerprint density at radius 2 is 1.05 bits per heavy atom. The Hall–Kier alpha value is -6.14. The number of benzene rings is 6. The topological polar surface area (TPSA) is 39.4 Å². The lowest BCUT2D eigenvalue weighted by Crippen LogP contribution is -2.24. The van der Waals surface area contributed by atoms with Crippen molar-refractivity contribution < 1.29 is 0 Å². The van der Waals surface area contributed by atoms with Gasteiger partial charge in [-0.3, -0.25) is 10.0 Å². The normalized spacial score (nSPS) is 12.5. The molecule has 0 amide bonds. The third-order valence-electron chi connectivity index (χ3n) is 11.6. The minimum atomic E-state index is 0.859. The molecule has 1 aliphatic rings. The molecule has 8 rings (SSSR count). The summed E-state index contributed by atoms with van der Waals surface area (Å²) in [7, 11) is 0. The predicted octanol–water partition coefficient (Wildman–Crippen LogP) is 13.4. The van der Waals surface area contributed by atoms with Gasteiger partial charge in [-0.2, -0.15) is 10.2 Å². The first-order valence-electron chi connectivity index (χ1n) is 21.9. The molecule has 0 spiro atoms. The number of anilines is 4. The number of aromatic nitrogens is 1. The third-order valence-corrected chi connectivity index (χ3v) is 11.6. The molecule has 0 N–H and O–H groups in total. The molecule has 59 heavy (non-hydrogen) atoms. The summed E-state index contributed by atoms with van der Waals surface area (Å²) in [5.74, 6) is 0. The second kappa shape index (κ2) is 19.5. The monoisotopic (exact) mass is 778 g/mol. The van der Waals surface area contributed by atoms with E-state index in [2.05, 4.69) is 179 Å². The van der Waals surface area contributed by atoms with E-state index in [1.807, 2.05) is 12.4 Å². The van der Waals surface area contributed by atoms with E-state index in [-0.39, 0.29) is 0 Å². The first kappa shape index (κ1) is 39.7. The molecule has 6 heteroatoms. The van der Waals surface area contributed by atoms with Gasteiger partial charge in [0.1, 0.15) is 0 Å². The maximum Gasteiger partial charge on any atom is 0.0593 e. The minimum absolute atomic E-state index is 0.859. The van der Waals surface area contributed by atoms with Gasteiger partial charge in [0.05, 0.1) is 23.8 Å². The van der Waals surface area contributed by atoms with Crippen LogP contribution in [0.25, 0.3) is 21.8 Å². The molecule has 1 aliphatic heterocycles. The van der Waals surface area contributed by atoms with Crippen LogP contribution in [0.1, 0.15) is 87.5 Å². The number of unbranched alkanes of at least 4 members (excludes halogenated alkanes) is 5. The summed E-state index contributed by atoms with van der Waals surface area (Å²) < 4.78 is 2.48. The van der Waals surface area contributed by atoms with Crippen LogP contribution in [-0.2, 0) is 13.0 Å². The summed E-state index contributed by atoms with van der Waals surface area (Å²) in [6.45, 7) is 8.32. The quantitative estimate of drug-likeness (QED) is 0.0466. The maximum absolute atomic E-state index is 5.08. The summed E-state index contributed by atoms with van der Waals surface area (Å²) in [5, 5.41) is 17.1. The average molecular weight is 779 g/mol. The molecule has 0 atom stereocenters. The van der Waals surface area contributed by atoms with Crippen LogP contribution >= 0.6 is 0 Å². The lowest BCUT2D eigenvalue weighted by atomic mass is 9.94. The van der Waals surface area contributed by atoms with E-state index < -0.39 is 0 Å². The van der Waals surface area contributed by atoms with Crippen molar-refractivity contribution in [1.29, 1.82) is 0 Å². The van der Waals surface area contributed by atoms with Crippen LogP contribution in [0.5, 0.6) is 0 Å². The van der Waals surface area contributed by atoms with Crippen LogP contribution in [0.3, 0.4) is 0 Å². The molecule has 0 aliphatic carbocycles. The molecule has 6 aromatic carbocycles. The zero-order valence-electron chi connectivity index (χ0n) is 34.9. The lowest BCUT2D eigenvalue weighted by molar-refractivity contribution is 0.622. The molecule has 0 fully saturated rings. The van der Waals surface area contributed by atoms with Crippen molar-refractivity contribution in [3.05, 3.63) is 168 Å². The zero-order chi connectivity index (χ0) is 40.2. The van der Waals surface area contributed by atoms with E-state index in [0.717, 1.165) is 80.8 Å². The molecule has 7 aromatic rings. The third kappa shape index (κ3) is 9.44. The number of nitrogens with zero attached hydrogens (tertiary/aromatic N) is 6.